The molecule has 0 aliphatic carbocycles. The molecule has 0 spiro atoms. The monoisotopic (exact) mass is 483 g/mol. The quantitative estimate of drug-likeness (QED) is 0.310. The first-order chi connectivity index (χ1) is 16.8. The maximum absolute atomic E-state index is 12.1. The Hall–Kier alpha value is -4.21. The van der Waals surface area contributed by atoms with Gasteiger partial charge in [-0.2, -0.15) is 0 Å². The van der Waals surface area contributed by atoms with Crippen molar-refractivity contribution in [3.63, 3.8) is 0 Å². The first-order valence-corrected chi connectivity index (χ1v) is 11.2. The van der Waals surface area contributed by atoms with Crippen LogP contribution >= 0.6 is 0 Å². The lowest BCUT2D eigenvalue weighted by Gasteiger charge is -2.08. The van der Waals surface area contributed by atoms with E-state index in [2.05, 4.69) is 16.0 Å². The maximum Gasteiger partial charge on any atom is 0.338 e. The zero-order valence-electron chi connectivity index (χ0n) is 19.7. The van der Waals surface area contributed by atoms with Crippen molar-refractivity contribution in [2.75, 3.05) is 29.2 Å². The van der Waals surface area contributed by atoms with Crippen LogP contribution in [0.2, 0.25) is 0 Å². The molecule has 2 rings (SSSR count). The van der Waals surface area contributed by atoms with Crippen LogP contribution in [0.25, 0.3) is 0 Å². The summed E-state index contributed by atoms with van der Waals surface area (Å²) in [4.78, 5) is 58.8. The molecule has 186 valence electrons. The van der Waals surface area contributed by atoms with E-state index in [1.54, 1.807) is 48.5 Å². The maximum atomic E-state index is 12.1. The minimum atomic E-state index is -0.693. The second-order valence-electron chi connectivity index (χ2n) is 7.58. The third kappa shape index (κ3) is 10.5. The number of benzene rings is 2. The average molecular weight is 484 g/mol. The molecule has 0 heterocycles. The minimum absolute atomic E-state index is 0.133. The van der Waals surface area contributed by atoms with Crippen LogP contribution in [0.15, 0.2) is 48.5 Å². The number of anilines is 3. The Balaban J connectivity index is 1.67. The molecule has 0 atom stereocenters. The molecule has 0 radical (unpaired) electrons. The van der Waals surface area contributed by atoms with Gasteiger partial charge >= 0.3 is 11.9 Å². The van der Waals surface area contributed by atoms with E-state index in [0.717, 1.165) is 12.8 Å². The average Bonchev–Trinajstić information content (AvgIpc) is 2.83. The second-order valence-corrected chi connectivity index (χ2v) is 7.58. The van der Waals surface area contributed by atoms with E-state index in [-0.39, 0.29) is 18.7 Å². The fourth-order valence-corrected chi connectivity index (χ4v) is 2.78. The summed E-state index contributed by atoms with van der Waals surface area (Å²) < 4.78 is 10.0. The highest BCUT2D eigenvalue weighted by Crippen LogP contribution is 2.14. The third-order valence-corrected chi connectivity index (χ3v) is 4.54. The Morgan fingerprint density at radius 1 is 0.714 bits per heavy atom. The fraction of sp³-hybridized carbons (Fsp3) is 0.320. The second kappa shape index (κ2) is 14.1. The van der Waals surface area contributed by atoms with Gasteiger partial charge in [0.05, 0.1) is 18.6 Å². The van der Waals surface area contributed by atoms with Crippen molar-refractivity contribution in [3.8, 4) is 0 Å². The van der Waals surface area contributed by atoms with Crippen molar-refractivity contribution in [1.82, 2.24) is 0 Å². The fourth-order valence-electron chi connectivity index (χ4n) is 2.78. The van der Waals surface area contributed by atoms with Gasteiger partial charge in [-0.15, -0.1) is 0 Å². The predicted molar refractivity (Wildman–Crippen MR) is 130 cm³/mol. The number of ether oxygens (including phenoxy) is 2. The molecule has 0 bridgehead atoms. The number of carbonyl (C=O) groups is 5. The molecule has 3 N–H and O–H groups in total. The number of rotatable bonds is 12. The normalized spacial score (nSPS) is 10.1. The third-order valence-electron chi connectivity index (χ3n) is 4.54. The lowest BCUT2D eigenvalue weighted by molar-refractivity contribution is -0.147. The van der Waals surface area contributed by atoms with Gasteiger partial charge in [-0.1, -0.05) is 13.3 Å². The van der Waals surface area contributed by atoms with Crippen molar-refractivity contribution in [2.24, 2.45) is 0 Å². The van der Waals surface area contributed by atoms with E-state index in [9.17, 15) is 24.0 Å². The number of esters is 2. The molecule has 0 saturated carbocycles. The van der Waals surface area contributed by atoms with Gasteiger partial charge in [0.2, 0.25) is 11.8 Å². The van der Waals surface area contributed by atoms with Gasteiger partial charge in [-0.25, -0.2) is 4.79 Å². The van der Waals surface area contributed by atoms with Gasteiger partial charge in [-0.3, -0.25) is 19.2 Å². The number of unbranched alkanes of at least 4 members (excludes halogenated alkanes) is 1. The molecule has 0 unspecified atom stereocenters. The Labute approximate surface area is 203 Å². The van der Waals surface area contributed by atoms with Crippen LogP contribution in [0.4, 0.5) is 17.1 Å². The molecule has 10 nitrogen and oxygen atoms in total. The summed E-state index contributed by atoms with van der Waals surface area (Å²) >= 11 is 0. The van der Waals surface area contributed by atoms with Crippen molar-refractivity contribution in [1.29, 1.82) is 0 Å². The van der Waals surface area contributed by atoms with E-state index in [4.69, 9.17) is 9.47 Å². The highest BCUT2D eigenvalue weighted by molar-refractivity contribution is 5.95. The summed E-state index contributed by atoms with van der Waals surface area (Å²) in [5, 5.41) is 7.79. The first kappa shape index (κ1) is 27.0. The van der Waals surface area contributed by atoms with Crippen LogP contribution in [0, 0.1) is 0 Å². The largest absolute Gasteiger partial charge is 0.462 e. The van der Waals surface area contributed by atoms with Crippen LogP contribution in [-0.4, -0.2) is 42.9 Å². The summed E-state index contributed by atoms with van der Waals surface area (Å²) in [5.74, 6) is -2.28. The molecule has 35 heavy (non-hydrogen) atoms. The molecule has 2 aromatic rings. The van der Waals surface area contributed by atoms with E-state index in [1.165, 1.54) is 6.92 Å². The molecule has 0 aromatic heterocycles. The van der Waals surface area contributed by atoms with Crippen molar-refractivity contribution < 1.29 is 33.4 Å². The highest BCUT2D eigenvalue weighted by atomic mass is 16.5. The van der Waals surface area contributed by atoms with Crippen molar-refractivity contribution in [3.05, 3.63) is 54.1 Å². The SMILES string of the molecule is CCCCOC(=O)c1ccc(NC(=O)CCC(=O)OCC(=O)Nc2ccc(NC(C)=O)cc2)cc1. The van der Waals surface area contributed by atoms with Gasteiger partial charge in [0.25, 0.3) is 5.91 Å². The lowest BCUT2D eigenvalue weighted by Crippen LogP contribution is -2.21. The van der Waals surface area contributed by atoms with Crippen molar-refractivity contribution in [2.45, 2.75) is 39.5 Å². The molecule has 10 heteroatoms. The first-order valence-electron chi connectivity index (χ1n) is 11.2. The smallest absolute Gasteiger partial charge is 0.338 e. The lowest BCUT2D eigenvalue weighted by atomic mass is 10.2. The Bertz CT molecular complexity index is 1030. The highest BCUT2D eigenvalue weighted by Gasteiger charge is 2.12. The summed E-state index contributed by atoms with van der Waals surface area (Å²) in [6.07, 6.45) is 1.38. The van der Waals surface area contributed by atoms with E-state index in [0.29, 0.717) is 29.2 Å². The molecule has 3 amide bonds. The van der Waals surface area contributed by atoms with Gasteiger partial charge in [0, 0.05) is 30.4 Å². The molecule has 0 fully saturated rings. The van der Waals surface area contributed by atoms with E-state index < -0.39 is 30.4 Å². The topological polar surface area (TPSA) is 140 Å². The zero-order chi connectivity index (χ0) is 25.6. The number of nitrogens with one attached hydrogen (secondary N) is 3. The van der Waals surface area contributed by atoms with Gasteiger partial charge in [0.15, 0.2) is 6.61 Å². The number of carbonyl (C=O) groups excluding carboxylic acids is 5. The van der Waals surface area contributed by atoms with Crippen LogP contribution in [-0.2, 0) is 28.7 Å². The molecule has 0 saturated heterocycles. The summed E-state index contributed by atoms with van der Waals surface area (Å²) in [6.45, 7) is 3.25. The number of hydrogen-bond acceptors (Lipinski definition) is 7. The molecular weight excluding hydrogens is 454 g/mol. The Kier molecular flexibility index (Phi) is 10.9. The molecule has 0 aliphatic heterocycles. The molecular formula is C25H29N3O7. The zero-order valence-corrected chi connectivity index (χ0v) is 19.7. The molecule has 0 aliphatic rings. The standard InChI is InChI=1S/C25H29N3O7/c1-3-4-15-34-25(33)18-5-7-20(8-6-18)27-22(30)13-14-24(32)35-16-23(31)28-21-11-9-19(10-12-21)26-17(2)29/h5-12H,3-4,13-16H2,1-2H3,(H,26,29)(H,27,30)(H,28,31). The van der Waals surface area contributed by atoms with Gasteiger partial charge in [0.1, 0.15) is 0 Å². The summed E-state index contributed by atoms with van der Waals surface area (Å²) in [7, 11) is 0. The van der Waals surface area contributed by atoms with Gasteiger partial charge < -0.3 is 25.4 Å². The predicted octanol–water partition coefficient (Wildman–Crippen LogP) is 3.50. The molecule has 2 aromatic carbocycles. The van der Waals surface area contributed by atoms with E-state index in [1.807, 2.05) is 6.92 Å². The number of hydrogen-bond donors (Lipinski definition) is 3. The Morgan fingerprint density at radius 3 is 1.83 bits per heavy atom. The van der Waals surface area contributed by atoms with Crippen molar-refractivity contribution >= 4 is 46.7 Å². The Morgan fingerprint density at radius 2 is 1.26 bits per heavy atom. The summed E-state index contributed by atoms with van der Waals surface area (Å²) in [5.41, 5.74) is 1.91. The van der Waals surface area contributed by atoms with Gasteiger partial charge in [-0.05, 0) is 55.0 Å². The van der Waals surface area contributed by atoms with Crippen LogP contribution in [0.3, 0.4) is 0 Å². The summed E-state index contributed by atoms with van der Waals surface area (Å²) in [6, 6.07) is 12.7. The van der Waals surface area contributed by atoms with E-state index >= 15 is 0 Å². The van der Waals surface area contributed by atoms with Crippen LogP contribution in [0.1, 0.15) is 49.9 Å². The number of amides is 3. The van der Waals surface area contributed by atoms with Crippen LogP contribution in [0.5, 0.6) is 0 Å². The van der Waals surface area contributed by atoms with Crippen LogP contribution < -0.4 is 16.0 Å². The minimum Gasteiger partial charge on any atom is -0.462 e.